The Kier molecular flexibility index (Phi) is 7.48. The van der Waals surface area contributed by atoms with Crippen molar-refractivity contribution in [2.75, 3.05) is 18.1 Å². The monoisotopic (exact) mass is 394 g/mol. The highest BCUT2D eigenvalue weighted by molar-refractivity contribution is 8.01. The Balaban J connectivity index is 1.79. The van der Waals surface area contributed by atoms with Crippen LogP contribution < -0.4 is 5.32 Å². The first-order valence-corrected chi connectivity index (χ1v) is 9.44. The summed E-state index contributed by atoms with van der Waals surface area (Å²) >= 11 is 7.12. The van der Waals surface area contributed by atoms with E-state index in [9.17, 15) is 14.0 Å². The number of amides is 2. The first-order valence-electron chi connectivity index (χ1n) is 8.01. The molecule has 0 saturated heterocycles. The number of nitrogens with zero attached hydrogens (tertiary/aromatic N) is 1. The zero-order valence-corrected chi connectivity index (χ0v) is 16.1. The van der Waals surface area contributed by atoms with Crippen molar-refractivity contribution < 1.29 is 14.0 Å². The van der Waals surface area contributed by atoms with Gasteiger partial charge in [-0.15, -0.1) is 11.8 Å². The molecule has 1 unspecified atom stereocenters. The molecule has 138 valence electrons. The first-order chi connectivity index (χ1) is 12.3. The molecule has 2 aromatic rings. The van der Waals surface area contributed by atoms with E-state index in [0.717, 1.165) is 5.56 Å². The molecule has 0 radical (unpaired) electrons. The molecule has 0 heterocycles. The first kappa shape index (κ1) is 20.3. The highest BCUT2D eigenvalue weighted by atomic mass is 35.5. The maximum atomic E-state index is 12.9. The zero-order valence-electron chi connectivity index (χ0n) is 14.5. The number of nitrogens with one attached hydrogen (secondary N) is 1. The topological polar surface area (TPSA) is 49.4 Å². The fourth-order valence-corrected chi connectivity index (χ4v) is 3.18. The van der Waals surface area contributed by atoms with Gasteiger partial charge in [0.05, 0.1) is 11.0 Å². The number of hydrogen-bond donors (Lipinski definition) is 1. The lowest BCUT2D eigenvalue weighted by Crippen LogP contribution is -2.33. The lowest BCUT2D eigenvalue weighted by Gasteiger charge is -2.21. The molecule has 2 rings (SSSR count). The molecule has 1 atom stereocenters. The Morgan fingerprint density at radius 3 is 2.38 bits per heavy atom. The van der Waals surface area contributed by atoms with E-state index in [0.29, 0.717) is 17.3 Å². The van der Waals surface area contributed by atoms with Crippen LogP contribution in [0.5, 0.6) is 0 Å². The quantitative estimate of drug-likeness (QED) is 0.765. The van der Waals surface area contributed by atoms with Crippen molar-refractivity contribution >= 4 is 40.9 Å². The second-order valence-corrected chi connectivity index (χ2v) is 7.59. The summed E-state index contributed by atoms with van der Waals surface area (Å²) < 4.78 is 12.9. The third-order valence-electron chi connectivity index (χ3n) is 3.65. The number of carbonyl (C=O) groups is 2. The lowest BCUT2D eigenvalue weighted by atomic mass is 10.2. The van der Waals surface area contributed by atoms with Crippen LogP contribution in [0.1, 0.15) is 12.5 Å². The number of thioether (sulfide) groups is 1. The standard InChI is InChI=1S/C19H20ClFN2O2S/c1-13(19(25)23(2)11-14-3-5-15(20)6-4-14)26-12-18(24)22-17-9-7-16(21)8-10-17/h3-10,13H,11-12H2,1-2H3,(H,22,24). The molecule has 0 bridgehead atoms. The molecular weight excluding hydrogens is 375 g/mol. The predicted octanol–water partition coefficient (Wildman–Crippen LogP) is 4.20. The summed E-state index contributed by atoms with van der Waals surface area (Å²) in [5.41, 5.74) is 1.51. The van der Waals surface area contributed by atoms with Gasteiger partial charge in [-0.3, -0.25) is 9.59 Å². The van der Waals surface area contributed by atoms with Gasteiger partial charge in [0.1, 0.15) is 5.82 Å². The van der Waals surface area contributed by atoms with Crippen molar-refractivity contribution in [1.82, 2.24) is 4.90 Å². The highest BCUT2D eigenvalue weighted by Crippen LogP contribution is 2.17. The van der Waals surface area contributed by atoms with E-state index in [1.807, 2.05) is 12.1 Å². The van der Waals surface area contributed by atoms with Crippen LogP contribution in [0.25, 0.3) is 0 Å². The van der Waals surface area contributed by atoms with Crippen LogP contribution in [0.2, 0.25) is 5.02 Å². The average molecular weight is 395 g/mol. The second-order valence-electron chi connectivity index (χ2n) is 5.83. The molecule has 0 aliphatic rings. The van der Waals surface area contributed by atoms with Gasteiger partial charge in [0, 0.05) is 24.3 Å². The summed E-state index contributed by atoms with van der Waals surface area (Å²) in [6.07, 6.45) is 0. The van der Waals surface area contributed by atoms with Gasteiger partial charge in [0.15, 0.2) is 0 Å². The lowest BCUT2D eigenvalue weighted by molar-refractivity contribution is -0.129. The van der Waals surface area contributed by atoms with Crippen LogP contribution in [0.4, 0.5) is 10.1 Å². The molecule has 7 heteroatoms. The number of rotatable bonds is 7. The van der Waals surface area contributed by atoms with Gasteiger partial charge in [0.25, 0.3) is 0 Å². The third-order valence-corrected chi connectivity index (χ3v) is 5.03. The maximum Gasteiger partial charge on any atom is 0.235 e. The van der Waals surface area contributed by atoms with Gasteiger partial charge in [-0.25, -0.2) is 4.39 Å². The smallest absolute Gasteiger partial charge is 0.235 e. The van der Waals surface area contributed by atoms with Crippen molar-refractivity contribution in [3.63, 3.8) is 0 Å². The largest absolute Gasteiger partial charge is 0.340 e. The normalized spacial score (nSPS) is 11.7. The summed E-state index contributed by atoms with van der Waals surface area (Å²) in [5, 5.41) is 2.97. The minimum atomic E-state index is -0.361. The van der Waals surface area contributed by atoms with Crippen LogP contribution in [0.15, 0.2) is 48.5 Å². The Bertz CT molecular complexity index is 753. The number of halogens is 2. The summed E-state index contributed by atoms with van der Waals surface area (Å²) in [6, 6.07) is 12.9. The van der Waals surface area contributed by atoms with E-state index >= 15 is 0 Å². The average Bonchev–Trinajstić information content (AvgIpc) is 2.63. The summed E-state index contributed by atoms with van der Waals surface area (Å²) in [6.45, 7) is 2.25. The molecule has 0 aliphatic carbocycles. The fourth-order valence-electron chi connectivity index (χ4n) is 2.25. The Labute approximate surface area is 161 Å². The molecule has 26 heavy (non-hydrogen) atoms. The van der Waals surface area contributed by atoms with Gasteiger partial charge in [0.2, 0.25) is 11.8 Å². The van der Waals surface area contributed by atoms with Crippen molar-refractivity contribution in [1.29, 1.82) is 0 Å². The molecule has 2 amide bonds. The molecule has 0 aromatic heterocycles. The van der Waals surface area contributed by atoms with Crippen LogP contribution >= 0.6 is 23.4 Å². The van der Waals surface area contributed by atoms with Gasteiger partial charge in [-0.2, -0.15) is 0 Å². The van der Waals surface area contributed by atoms with E-state index in [1.165, 1.54) is 36.0 Å². The second kappa shape index (κ2) is 9.59. The Hall–Kier alpha value is -2.05. The molecule has 0 aliphatic heterocycles. The van der Waals surface area contributed by atoms with Gasteiger partial charge in [-0.1, -0.05) is 23.7 Å². The Morgan fingerprint density at radius 1 is 1.15 bits per heavy atom. The molecule has 0 saturated carbocycles. The summed E-state index contributed by atoms with van der Waals surface area (Å²) in [7, 11) is 1.73. The molecule has 2 aromatic carbocycles. The summed E-state index contributed by atoms with van der Waals surface area (Å²) in [4.78, 5) is 26.0. The molecule has 1 N–H and O–H groups in total. The van der Waals surface area contributed by atoms with Gasteiger partial charge < -0.3 is 10.2 Å². The van der Waals surface area contributed by atoms with Crippen LogP contribution in [0, 0.1) is 5.82 Å². The minimum Gasteiger partial charge on any atom is -0.340 e. The SMILES string of the molecule is CC(SCC(=O)Nc1ccc(F)cc1)C(=O)N(C)Cc1ccc(Cl)cc1. The van der Waals surface area contributed by atoms with Gasteiger partial charge in [-0.05, 0) is 48.9 Å². The van der Waals surface area contributed by atoms with Crippen molar-refractivity contribution in [3.8, 4) is 0 Å². The predicted molar refractivity (Wildman–Crippen MR) is 105 cm³/mol. The highest BCUT2D eigenvalue weighted by Gasteiger charge is 2.19. The molecule has 0 spiro atoms. The molecule has 0 fully saturated rings. The van der Waals surface area contributed by atoms with Crippen LogP contribution in [-0.4, -0.2) is 34.8 Å². The fraction of sp³-hybridized carbons (Fsp3) is 0.263. The maximum absolute atomic E-state index is 12.9. The number of hydrogen-bond acceptors (Lipinski definition) is 3. The van der Waals surface area contributed by atoms with Crippen molar-refractivity contribution in [2.24, 2.45) is 0 Å². The van der Waals surface area contributed by atoms with Crippen LogP contribution in [-0.2, 0) is 16.1 Å². The van der Waals surface area contributed by atoms with E-state index in [1.54, 1.807) is 31.0 Å². The van der Waals surface area contributed by atoms with Gasteiger partial charge >= 0.3 is 0 Å². The molecular formula is C19H20ClFN2O2S. The summed E-state index contributed by atoms with van der Waals surface area (Å²) in [5.74, 6) is -0.513. The van der Waals surface area contributed by atoms with Crippen molar-refractivity contribution in [2.45, 2.75) is 18.7 Å². The van der Waals surface area contributed by atoms with E-state index in [4.69, 9.17) is 11.6 Å². The minimum absolute atomic E-state index is 0.0560. The zero-order chi connectivity index (χ0) is 19.1. The van der Waals surface area contributed by atoms with Crippen LogP contribution in [0.3, 0.4) is 0 Å². The number of anilines is 1. The third kappa shape index (κ3) is 6.35. The Morgan fingerprint density at radius 2 is 1.77 bits per heavy atom. The van der Waals surface area contributed by atoms with E-state index in [-0.39, 0.29) is 28.6 Å². The van der Waals surface area contributed by atoms with E-state index in [2.05, 4.69) is 5.32 Å². The van der Waals surface area contributed by atoms with Crippen molar-refractivity contribution in [3.05, 3.63) is 64.9 Å². The number of benzene rings is 2. The number of carbonyl (C=O) groups excluding carboxylic acids is 2. The molecule has 4 nitrogen and oxygen atoms in total. The van der Waals surface area contributed by atoms with E-state index < -0.39 is 0 Å².